The fourth-order valence-electron chi connectivity index (χ4n) is 2.19. The molecule has 2 heteroatoms. The van der Waals surface area contributed by atoms with Crippen LogP contribution in [0.3, 0.4) is 0 Å². The quantitative estimate of drug-likeness (QED) is 0.687. The van der Waals surface area contributed by atoms with Crippen LogP contribution in [0, 0.1) is 5.92 Å². The Bertz CT molecular complexity index is 361. The zero-order valence-corrected chi connectivity index (χ0v) is 12.5. The second-order valence-electron chi connectivity index (χ2n) is 5.39. The minimum atomic E-state index is 0.0896. The van der Waals surface area contributed by atoms with Gasteiger partial charge in [0.1, 0.15) is 0 Å². The number of hydrogen-bond acceptors (Lipinski definition) is 1. The van der Waals surface area contributed by atoms with Crippen molar-refractivity contribution in [1.29, 1.82) is 0 Å². The summed E-state index contributed by atoms with van der Waals surface area (Å²) >= 11 is 0. The lowest BCUT2D eigenvalue weighted by Gasteiger charge is -2.18. The molecule has 0 saturated carbocycles. The van der Waals surface area contributed by atoms with Crippen LogP contribution in [0.5, 0.6) is 0 Å². The van der Waals surface area contributed by atoms with E-state index in [9.17, 15) is 4.79 Å². The molecule has 0 bridgehead atoms. The molecule has 0 radical (unpaired) electrons. The molecular weight excluding hydrogens is 234 g/mol. The molecule has 0 unspecified atom stereocenters. The van der Waals surface area contributed by atoms with E-state index in [1.807, 2.05) is 32.0 Å². The molecule has 2 nitrogen and oxygen atoms in total. The number of nitrogens with one attached hydrogen (secondary N) is 1. The fraction of sp³-hybridized carbons (Fsp3) is 0.588. The van der Waals surface area contributed by atoms with Gasteiger partial charge in [0.2, 0.25) is 5.91 Å². The third-order valence-corrected chi connectivity index (χ3v) is 3.60. The van der Waals surface area contributed by atoms with E-state index in [1.165, 1.54) is 19.3 Å². The van der Waals surface area contributed by atoms with Crippen LogP contribution in [0.4, 0.5) is 0 Å². The molecule has 0 spiro atoms. The Kier molecular flexibility index (Phi) is 7.24. The lowest BCUT2D eigenvalue weighted by molar-refractivity contribution is -0.125. The fourth-order valence-corrected chi connectivity index (χ4v) is 2.19. The lowest BCUT2D eigenvalue weighted by atomic mass is 10.0. The van der Waals surface area contributed by atoms with E-state index in [1.54, 1.807) is 0 Å². The Morgan fingerprint density at radius 1 is 1.11 bits per heavy atom. The number of rotatable bonds is 8. The van der Waals surface area contributed by atoms with Crippen LogP contribution in [0.15, 0.2) is 30.3 Å². The summed E-state index contributed by atoms with van der Waals surface area (Å²) < 4.78 is 0. The topological polar surface area (TPSA) is 29.1 Å². The molecule has 1 amide bonds. The summed E-state index contributed by atoms with van der Waals surface area (Å²) in [4.78, 5) is 12.1. The van der Waals surface area contributed by atoms with E-state index in [0.29, 0.717) is 0 Å². The van der Waals surface area contributed by atoms with Crippen molar-refractivity contribution in [3.05, 3.63) is 35.9 Å². The van der Waals surface area contributed by atoms with Crippen molar-refractivity contribution in [3.63, 3.8) is 0 Å². The highest BCUT2D eigenvalue weighted by Crippen LogP contribution is 2.15. The van der Waals surface area contributed by atoms with Crippen molar-refractivity contribution in [3.8, 4) is 0 Å². The van der Waals surface area contributed by atoms with Gasteiger partial charge in [0.25, 0.3) is 0 Å². The molecule has 2 atom stereocenters. The standard InChI is InChI=1S/C17H27NO/c1-4-5-6-8-11-14(2)17(19)18-15(3)16-12-9-7-10-13-16/h7,9-10,12-15H,4-6,8,11H2,1-3H3,(H,18,19)/t14-,15-/m0/s1. The third-order valence-electron chi connectivity index (χ3n) is 3.60. The Balaban J connectivity index is 2.33. The van der Waals surface area contributed by atoms with Crippen LogP contribution >= 0.6 is 0 Å². The van der Waals surface area contributed by atoms with Gasteiger partial charge in [0.15, 0.2) is 0 Å². The van der Waals surface area contributed by atoms with Crippen molar-refractivity contribution in [2.45, 2.75) is 58.9 Å². The summed E-state index contributed by atoms with van der Waals surface area (Å²) in [6.45, 7) is 6.27. The molecule has 106 valence electrons. The zero-order valence-electron chi connectivity index (χ0n) is 12.5. The number of amides is 1. The number of benzene rings is 1. The SMILES string of the molecule is CCCCCC[C@H](C)C(=O)N[C@@H](C)c1ccccc1. The highest BCUT2D eigenvalue weighted by Gasteiger charge is 2.15. The maximum absolute atomic E-state index is 12.1. The van der Waals surface area contributed by atoms with E-state index in [-0.39, 0.29) is 17.9 Å². The van der Waals surface area contributed by atoms with Crippen LogP contribution in [-0.4, -0.2) is 5.91 Å². The predicted molar refractivity (Wildman–Crippen MR) is 80.9 cm³/mol. The van der Waals surface area contributed by atoms with Gasteiger partial charge in [-0.1, -0.05) is 69.9 Å². The number of hydrogen-bond donors (Lipinski definition) is 1. The molecule has 1 N–H and O–H groups in total. The summed E-state index contributed by atoms with van der Waals surface area (Å²) in [5.41, 5.74) is 1.16. The van der Waals surface area contributed by atoms with Gasteiger partial charge in [0, 0.05) is 5.92 Å². The molecular formula is C17H27NO. The van der Waals surface area contributed by atoms with Crippen molar-refractivity contribution in [2.75, 3.05) is 0 Å². The van der Waals surface area contributed by atoms with Gasteiger partial charge < -0.3 is 5.32 Å². The molecule has 0 aliphatic rings. The molecule has 0 aromatic heterocycles. The monoisotopic (exact) mass is 261 g/mol. The number of unbranched alkanes of at least 4 members (excludes halogenated alkanes) is 3. The smallest absolute Gasteiger partial charge is 0.223 e. The molecule has 1 aromatic rings. The normalized spacial score (nSPS) is 13.8. The van der Waals surface area contributed by atoms with Crippen LogP contribution in [0.2, 0.25) is 0 Å². The predicted octanol–water partition coefficient (Wildman–Crippen LogP) is 4.47. The first-order valence-electron chi connectivity index (χ1n) is 7.50. The third kappa shape index (κ3) is 5.91. The Morgan fingerprint density at radius 3 is 2.42 bits per heavy atom. The maximum atomic E-state index is 12.1. The second-order valence-corrected chi connectivity index (χ2v) is 5.39. The van der Waals surface area contributed by atoms with E-state index in [0.717, 1.165) is 18.4 Å². The molecule has 0 aliphatic carbocycles. The molecule has 0 aliphatic heterocycles. The first-order chi connectivity index (χ1) is 9.15. The average Bonchev–Trinajstić information content (AvgIpc) is 2.44. The van der Waals surface area contributed by atoms with E-state index < -0.39 is 0 Å². The van der Waals surface area contributed by atoms with E-state index in [2.05, 4.69) is 24.4 Å². The van der Waals surface area contributed by atoms with Crippen LogP contribution in [-0.2, 0) is 4.79 Å². The highest BCUT2D eigenvalue weighted by molar-refractivity contribution is 5.78. The molecule has 1 aromatic carbocycles. The average molecular weight is 261 g/mol. The van der Waals surface area contributed by atoms with Gasteiger partial charge in [-0.15, -0.1) is 0 Å². The van der Waals surface area contributed by atoms with Crippen molar-refractivity contribution >= 4 is 5.91 Å². The summed E-state index contributed by atoms with van der Waals surface area (Å²) in [5, 5.41) is 3.10. The van der Waals surface area contributed by atoms with Gasteiger partial charge in [-0.05, 0) is 18.9 Å². The summed E-state index contributed by atoms with van der Waals surface area (Å²) in [5.74, 6) is 0.288. The number of carbonyl (C=O) groups excluding carboxylic acids is 1. The molecule has 19 heavy (non-hydrogen) atoms. The molecule has 1 rings (SSSR count). The minimum Gasteiger partial charge on any atom is -0.349 e. The molecule has 0 fully saturated rings. The Labute approximate surface area is 117 Å². The van der Waals surface area contributed by atoms with Gasteiger partial charge in [0.05, 0.1) is 6.04 Å². The number of carbonyl (C=O) groups is 1. The van der Waals surface area contributed by atoms with Crippen molar-refractivity contribution in [2.24, 2.45) is 5.92 Å². The van der Waals surface area contributed by atoms with Gasteiger partial charge in [-0.3, -0.25) is 4.79 Å². The van der Waals surface area contributed by atoms with Crippen molar-refractivity contribution in [1.82, 2.24) is 5.32 Å². The van der Waals surface area contributed by atoms with Crippen LogP contribution in [0.1, 0.15) is 64.5 Å². The second kappa shape index (κ2) is 8.73. The molecule has 0 saturated heterocycles. The first-order valence-corrected chi connectivity index (χ1v) is 7.50. The summed E-state index contributed by atoms with van der Waals surface area (Å²) in [6.07, 6.45) is 5.90. The lowest BCUT2D eigenvalue weighted by Crippen LogP contribution is -2.31. The summed E-state index contributed by atoms with van der Waals surface area (Å²) in [7, 11) is 0. The van der Waals surface area contributed by atoms with E-state index in [4.69, 9.17) is 0 Å². The Hall–Kier alpha value is -1.31. The largest absolute Gasteiger partial charge is 0.349 e. The van der Waals surface area contributed by atoms with Crippen LogP contribution < -0.4 is 5.32 Å². The van der Waals surface area contributed by atoms with Crippen LogP contribution in [0.25, 0.3) is 0 Å². The maximum Gasteiger partial charge on any atom is 0.223 e. The van der Waals surface area contributed by atoms with E-state index >= 15 is 0 Å². The van der Waals surface area contributed by atoms with Gasteiger partial charge in [-0.2, -0.15) is 0 Å². The minimum absolute atomic E-state index is 0.0896. The highest BCUT2D eigenvalue weighted by atomic mass is 16.1. The zero-order chi connectivity index (χ0) is 14.1. The summed E-state index contributed by atoms with van der Waals surface area (Å²) in [6, 6.07) is 10.2. The van der Waals surface area contributed by atoms with Gasteiger partial charge in [-0.25, -0.2) is 0 Å². The van der Waals surface area contributed by atoms with Gasteiger partial charge >= 0.3 is 0 Å². The molecule has 0 heterocycles. The van der Waals surface area contributed by atoms with Crippen molar-refractivity contribution < 1.29 is 4.79 Å². The first kappa shape index (κ1) is 15.7. The Morgan fingerprint density at radius 2 is 1.79 bits per heavy atom.